The number of benzene rings is 1. The van der Waals surface area contributed by atoms with E-state index in [-0.39, 0.29) is 49.6 Å². The predicted octanol–water partition coefficient (Wildman–Crippen LogP) is 2.07. The first-order valence-corrected chi connectivity index (χ1v) is 9.72. The SMILES string of the molecule is CO[C@H]1CN(C(=O)CCC(=O)c2ccc(F)cc2)CC(=O)N(Cc2cccnc2)C1. The van der Waals surface area contributed by atoms with E-state index in [1.54, 1.807) is 30.5 Å². The quantitative estimate of drug-likeness (QED) is 0.650. The molecule has 0 unspecified atom stereocenters. The molecule has 2 aromatic rings. The lowest BCUT2D eigenvalue weighted by Crippen LogP contribution is -2.39. The summed E-state index contributed by atoms with van der Waals surface area (Å²) in [5.41, 5.74) is 1.25. The molecule has 1 fully saturated rings. The molecule has 1 aliphatic rings. The van der Waals surface area contributed by atoms with E-state index in [1.165, 1.54) is 29.2 Å². The third kappa shape index (κ3) is 5.70. The molecule has 8 heteroatoms. The summed E-state index contributed by atoms with van der Waals surface area (Å²) in [7, 11) is 1.55. The van der Waals surface area contributed by atoms with Crippen LogP contribution in [0.3, 0.4) is 0 Å². The van der Waals surface area contributed by atoms with Crippen LogP contribution in [0.1, 0.15) is 28.8 Å². The third-order valence-electron chi connectivity index (χ3n) is 5.04. The van der Waals surface area contributed by atoms with Gasteiger partial charge in [0.2, 0.25) is 11.8 Å². The van der Waals surface area contributed by atoms with Gasteiger partial charge >= 0.3 is 0 Å². The van der Waals surface area contributed by atoms with Gasteiger partial charge in [0.1, 0.15) is 5.82 Å². The molecule has 158 valence electrons. The van der Waals surface area contributed by atoms with Crippen LogP contribution in [0, 0.1) is 5.82 Å². The largest absolute Gasteiger partial charge is 0.378 e. The number of carbonyl (C=O) groups excluding carboxylic acids is 3. The van der Waals surface area contributed by atoms with Crippen molar-refractivity contribution in [2.75, 3.05) is 26.7 Å². The van der Waals surface area contributed by atoms with E-state index in [9.17, 15) is 18.8 Å². The maximum Gasteiger partial charge on any atom is 0.242 e. The minimum atomic E-state index is -0.424. The number of methoxy groups -OCH3 is 1. The Bertz CT molecular complexity index is 889. The van der Waals surface area contributed by atoms with Gasteiger partial charge in [-0.3, -0.25) is 19.4 Å². The van der Waals surface area contributed by atoms with Crippen LogP contribution in [0.2, 0.25) is 0 Å². The summed E-state index contributed by atoms with van der Waals surface area (Å²) < 4.78 is 18.5. The number of rotatable bonds is 7. The fraction of sp³-hybridized carbons (Fsp3) is 0.364. The van der Waals surface area contributed by atoms with Crippen molar-refractivity contribution in [3.8, 4) is 0 Å². The summed E-state index contributed by atoms with van der Waals surface area (Å²) in [5, 5.41) is 0. The van der Waals surface area contributed by atoms with E-state index in [4.69, 9.17) is 4.74 Å². The molecule has 0 saturated carbocycles. The van der Waals surface area contributed by atoms with E-state index < -0.39 is 5.82 Å². The number of aromatic nitrogens is 1. The van der Waals surface area contributed by atoms with Crippen LogP contribution < -0.4 is 0 Å². The molecule has 0 N–H and O–H groups in total. The zero-order valence-corrected chi connectivity index (χ0v) is 16.8. The summed E-state index contributed by atoms with van der Waals surface area (Å²) in [6.45, 7) is 0.958. The molecule has 2 amide bonds. The highest BCUT2D eigenvalue weighted by atomic mass is 19.1. The van der Waals surface area contributed by atoms with Crippen molar-refractivity contribution in [3.05, 3.63) is 65.7 Å². The van der Waals surface area contributed by atoms with Crippen LogP contribution in [0.15, 0.2) is 48.8 Å². The third-order valence-corrected chi connectivity index (χ3v) is 5.04. The number of ketones is 1. The summed E-state index contributed by atoms with van der Waals surface area (Å²) in [4.78, 5) is 44.8. The number of carbonyl (C=O) groups is 3. The Kier molecular flexibility index (Phi) is 7.24. The van der Waals surface area contributed by atoms with Gasteiger partial charge in [-0.25, -0.2) is 4.39 Å². The monoisotopic (exact) mass is 413 g/mol. The maximum absolute atomic E-state index is 13.0. The number of ether oxygens (including phenoxy) is 1. The lowest BCUT2D eigenvalue weighted by atomic mass is 10.1. The Morgan fingerprint density at radius 1 is 1.17 bits per heavy atom. The van der Waals surface area contributed by atoms with E-state index in [2.05, 4.69) is 4.98 Å². The smallest absolute Gasteiger partial charge is 0.242 e. The van der Waals surface area contributed by atoms with Crippen LogP contribution in [-0.4, -0.2) is 65.2 Å². The second-order valence-electron chi connectivity index (χ2n) is 7.20. The highest BCUT2D eigenvalue weighted by Gasteiger charge is 2.30. The normalized spacial score (nSPS) is 17.0. The topological polar surface area (TPSA) is 79.8 Å². The number of hydrogen-bond donors (Lipinski definition) is 0. The Morgan fingerprint density at radius 2 is 1.93 bits per heavy atom. The maximum atomic E-state index is 13.0. The lowest BCUT2D eigenvalue weighted by Gasteiger charge is -2.23. The molecule has 0 bridgehead atoms. The van der Waals surface area contributed by atoms with Crippen LogP contribution in [0.25, 0.3) is 0 Å². The molecular weight excluding hydrogens is 389 g/mol. The molecule has 1 atom stereocenters. The molecular formula is C22H24FN3O4. The molecule has 1 saturated heterocycles. The van der Waals surface area contributed by atoms with Gasteiger partial charge in [0, 0.05) is 57.5 Å². The number of Topliss-reactive ketones (excluding diaryl/α,β-unsaturated/α-hetero) is 1. The summed E-state index contributed by atoms with van der Waals surface area (Å²) in [5.74, 6) is -1.14. The van der Waals surface area contributed by atoms with Gasteiger partial charge in [0.25, 0.3) is 0 Å². The van der Waals surface area contributed by atoms with Gasteiger partial charge < -0.3 is 14.5 Å². The molecule has 1 aliphatic heterocycles. The Balaban J connectivity index is 1.60. The minimum absolute atomic E-state index is 0.00773. The average Bonchev–Trinajstić information content (AvgIpc) is 2.92. The summed E-state index contributed by atoms with van der Waals surface area (Å²) >= 11 is 0. The fourth-order valence-corrected chi connectivity index (χ4v) is 3.34. The summed E-state index contributed by atoms with van der Waals surface area (Å²) in [6, 6.07) is 8.91. The van der Waals surface area contributed by atoms with Crippen molar-refractivity contribution in [1.29, 1.82) is 0 Å². The zero-order chi connectivity index (χ0) is 21.5. The number of halogens is 1. The highest BCUT2D eigenvalue weighted by Crippen LogP contribution is 2.14. The second kappa shape index (κ2) is 10.1. The number of nitrogens with zero attached hydrogens (tertiary/aromatic N) is 3. The first kappa shape index (κ1) is 21.6. The van der Waals surface area contributed by atoms with Gasteiger partial charge in [-0.1, -0.05) is 6.07 Å². The molecule has 0 radical (unpaired) electrons. The van der Waals surface area contributed by atoms with Gasteiger partial charge in [0.15, 0.2) is 5.78 Å². The predicted molar refractivity (Wildman–Crippen MR) is 107 cm³/mol. The first-order chi connectivity index (χ1) is 14.5. The van der Waals surface area contributed by atoms with Crippen molar-refractivity contribution >= 4 is 17.6 Å². The van der Waals surface area contributed by atoms with Crippen molar-refractivity contribution < 1.29 is 23.5 Å². The molecule has 1 aromatic carbocycles. The summed E-state index contributed by atoms with van der Waals surface area (Å²) in [6.07, 6.45) is 3.00. The number of hydrogen-bond acceptors (Lipinski definition) is 5. The lowest BCUT2D eigenvalue weighted by molar-refractivity contribution is -0.139. The number of pyridine rings is 1. The van der Waals surface area contributed by atoms with Crippen LogP contribution in [0.5, 0.6) is 0 Å². The Labute approximate surface area is 174 Å². The molecule has 3 rings (SSSR count). The standard InChI is InChI=1S/C22H24FN3O4/c1-30-19-13-25(12-16-3-2-10-24-11-16)22(29)15-26(14-19)21(28)9-8-20(27)17-4-6-18(23)7-5-17/h2-7,10-11,19H,8-9,12-15H2,1H3/t19-/m1/s1. The van der Waals surface area contributed by atoms with Crippen LogP contribution in [-0.2, 0) is 20.9 Å². The van der Waals surface area contributed by atoms with E-state index in [0.29, 0.717) is 18.7 Å². The van der Waals surface area contributed by atoms with Crippen molar-refractivity contribution in [2.45, 2.75) is 25.5 Å². The van der Waals surface area contributed by atoms with Crippen molar-refractivity contribution in [2.24, 2.45) is 0 Å². The zero-order valence-electron chi connectivity index (χ0n) is 16.8. The fourth-order valence-electron chi connectivity index (χ4n) is 3.34. The van der Waals surface area contributed by atoms with Gasteiger partial charge in [0.05, 0.1) is 12.6 Å². The van der Waals surface area contributed by atoms with Gasteiger partial charge in [-0.05, 0) is 35.9 Å². The molecule has 0 aliphatic carbocycles. The second-order valence-corrected chi connectivity index (χ2v) is 7.20. The molecule has 2 heterocycles. The minimum Gasteiger partial charge on any atom is -0.378 e. The van der Waals surface area contributed by atoms with Gasteiger partial charge in [-0.2, -0.15) is 0 Å². The molecule has 0 spiro atoms. The van der Waals surface area contributed by atoms with E-state index in [0.717, 1.165) is 5.56 Å². The number of amides is 2. The van der Waals surface area contributed by atoms with Crippen molar-refractivity contribution in [1.82, 2.24) is 14.8 Å². The van der Waals surface area contributed by atoms with E-state index in [1.807, 2.05) is 6.07 Å². The highest BCUT2D eigenvalue weighted by molar-refractivity contribution is 5.98. The Morgan fingerprint density at radius 3 is 2.60 bits per heavy atom. The van der Waals surface area contributed by atoms with E-state index >= 15 is 0 Å². The van der Waals surface area contributed by atoms with Crippen molar-refractivity contribution in [3.63, 3.8) is 0 Å². The van der Waals surface area contributed by atoms with Crippen LogP contribution >= 0.6 is 0 Å². The molecule has 1 aromatic heterocycles. The molecule has 30 heavy (non-hydrogen) atoms. The first-order valence-electron chi connectivity index (χ1n) is 9.72. The molecule has 7 nitrogen and oxygen atoms in total. The Hall–Kier alpha value is -3.13. The van der Waals surface area contributed by atoms with Crippen LogP contribution in [0.4, 0.5) is 4.39 Å². The van der Waals surface area contributed by atoms with Gasteiger partial charge in [-0.15, -0.1) is 0 Å². The average molecular weight is 413 g/mol.